The first-order valence-corrected chi connectivity index (χ1v) is 9.88. The van der Waals surface area contributed by atoms with Crippen LogP contribution in [-0.2, 0) is 5.60 Å². The Hall–Kier alpha value is -2.60. The van der Waals surface area contributed by atoms with E-state index in [9.17, 15) is 5.11 Å². The maximum atomic E-state index is 11.9. The predicted octanol–water partition coefficient (Wildman–Crippen LogP) is 5.19. The van der Waals surface area contributed by atoms with Crippen molar-refractivity contribution >= 4 is 43.1 Å². The van der Waals surface area contributed by atoms with Gasteiger partial charge in [0.05, 0.1) is 20.4 Å². The van der Waals surface area contributed by atoms with E-state index in [2.05, 4.69) is 0 Å². The van der Waals surface area contributed by atoms with Crippen LogP contribution in [-0.4, -0.2) is 15.1 Å². The minimum absolute atomic E-state index is 0.643. The molecule has 3 nitrogen and oxygen atoms in total. The molecular weight excluding hydrogens is 360 g/mol. The molecule has 3 aromatic carbocycles. The summed E-state index contributed by atoms with van der Waals surface area (Å²) >= 11 is 3.02. The summed E-state index contributed by atoms with van der Waals surface area (Å²) in [5, 5.41) is 13.2. The second kappa shape index (κ2) is 5.99. The summed E-state index contributed by atoms with van der Waals surface area (Å²) in [6.07, 6.45) is 0. The summed E-state index contributed by atoms with van der Waals surface area (Å²) in [7, 11) is 0. The highest BCUT2D eigenvalue weighted by molar-refractivity contribution is 7.20. The molecule has 0 aliphatic rings. The molecular formula is C21H14N2OS2. The maximum Gasteiger partial charge on any atom is 0.193 e. The van der Waals surface area contributed by atoms with Crippen molar-refractivity contribution in [1.29, 1.82) is 0 Å². The van der Waals surface area contributed by atoms with E-state index >= 15 is 0 Å². The van der Waals surface area contributed by atoms with Crippen LogP contribution in [0, 0.1) is 0 Å². The fourth-order valence-corrected chi connectivity index (χ4v) is 5.30. The lowest BCUT2D eigenvalue weighted by Crippen LogP contribution is -2.28. The van der Waals surface area contributed by atoms with Crippen LogP contribution >= 0.6 is 22.7 Å². The van der Waals surface area contributed by atoms with E-state index in [4.69, 9.17) is 9.97 Å². The number of fused-ring (bicyclic) bond motifs is 2. The third-order valence-electron chi connectivity index (χ3n) is 4.40. The van der Waals surface area contributed by atoms with Crippen molar-refractivity contribution in [3.8, 4) is 0 Å². The lowest BCUT2D eigenvalue weighted by molar-refractivity contribution is 0.125. The van der Waals surface area contributed by atoms with Crippen LogP contribution in [0.25, 0.3) is 20.4 Å². The molecule has 0 aliphatic heterocycles. The average molecular weight is 374 g/mol. The minimum atomic E-state index is -1.37. The summed E-state index contributed by atoms with van der Waals surface area (Å²) in [4.78, 5) is 9.49. The third-order valence-corrected chi connectivity index (χ3v) is 6.69. The van der Waals surface area contributed by atoms with Gasteiger partial charge >= 0.3 is 0 Å². The zero-order chi connectivity index (χ0) is 17.6. The summed E-state index contributed by atoms with van der Waals surface area (Å²) in [5.41, 5.74) is 1.19. The highest BCUT2D eigenvalue weighted by atomic mass is 32.1. The number of aliphatic hydroxyl groups is 1. The van der Waals surface area contributed by atoms with Crippen molar-refractivity contribution in [1.82, 2.24) is 9.97 Å². The number of nitrogens with zero attached hydrogens (tertiary/aromatic N) is 2. The van der Waals surface area contributed by atoms with Gasteiger partial charge in [0.2, 0.25) is 0 Å². The lowest BCUT2D eigenvalue weighted by Gasteiger charge is -2.24. The average Bonchev–Trinajstić information content (AvgIpc) is 3.32. The zero-order valence-corrected chi connectivity index (χ0v) is 15.3. The molecule has 26 heavy (non-hydrogen) atoms. The first-order chi connectivity index (χ1) is 12.7. The van der Waals surface area contributed by atoms with Gasteiger partial charge in [0.15, 0.2) is 5.60 Å². The van der Waals surface area contributed by atoms with Crippen molar-refractivity contribution in [3.63, 3.8) is 0 Å². The highest BCUT2D eigenvalue weighted by Crippen LogP contribution is 2.42. The summed E-state index contributed by atoms with van der Waals surface area (Å²) in [6, 6.07) is 25.6. The fourth-order valence-electron chi connectivity index (χ4n) is 3.07. The van der Waals surface area contributed by atoms with Gasteiger partial charge in [-0.05, 0) is 29.8 Å². The molecule has 0 amide bonds. The van der Waals surface area contributed by atoms with Crippen molar-refractivity contribution in [2.75, 3.05) is 0 Å². The molecule has 0 fully saturated rings. The van der Waals surface area contributed by atoms with Gasteiger partial charge in [0, 0.05) is 0 Å². The van der Waals surface area contributed by atoms with Gasteiger partial charge in [-0.3, -0.25) is 0 Å². The van der Waals surface area contributed by atoms with Crippen LogP contribution in [0.4, 0.5) is 0 Å². The van der Waals surface area contributed by atoms with Crippen molar-refractivity contribution < 1.29 is 5.11 Å². The van der Waals surface area contributed by atoms with Crippen molar-refractivity contribution in [3.05, 3.63) is 94.4 Å². The number of para-hydroxylation sites is 2. The van der Waals surface area contributed by atoms with Gasteiger partial charge in [0.1, 0.15) is 10.0 Å². The van der Waals surface area contributed by atoms with E-state index in [-0.39, 0.29) is 0 Å². The summed E-state index contributed by atoms with van der Waals surface area (Å²) in [6.45, 7) is 0. The third kappa shape index (κ3) is 2.36. The maximum absolute atomic E-state index is 11.9. The van der Waals surface area contributed by atoms with E-state index in [0.29, 0.717) is 10.0 Å². The topological polar surface area (TPSA) is 46.0 Å². The highest BCUT2D eigenvalue weighted by Gasteiger charge is 2.40. The molecule has 2 aromatic heterocycles. The van der Waals surface area contributed by atoms with E-state index in [0.717, 1.165) is 26.0 Å². The van der Waals surface area contributed by atoms with Gasteiger partial charge in [0.25, 0.3) is 0 Å². The normalized spacial score (nSPS) is 12.0. The Labute approximate surface area is 158 Å². The minimum Gasteiger partial charge on any atom is -0.372 e. The number of hydrogen-bond acceptors (Lipinski definition) is 5. The Morgan fingerprint density at radius 1 is 0.615 bits per heavy atom. The van der Waals surface area contributed by atoms with E-state index < -0.39 is 5.60 Å². The molecule has 0 atom stereocenters. The van der Waals surface area contributed by atoms with Crippen LogP contribution in [0.15, 0.2) is 78.9 Å². The molecule has 5 heteroatoms. The second-order valence-corrected chi connectivity index (χ2v) is 8.11. The number of thiazole rings is 2. The fraction of sp³-hybridized carbons (Fsp3) is 0.0476. The van der Waals surface area contributed by atoms with Crippen LogP contribution in [0.5, 0.6) is 0 Å². The molecule has 0 aliphatic carbocycles. The van der Waals surface area contributed by atoms with Crippen LogP contribution in [0.2, 0.25) is 0 Å². The number of rotatable bonds is 3. The standard InChI is InChI=1S/C21H14N2OS2/c24-21(14-8-2-1-3-9-14,19-22-15-10-4-6-12-17(15)25-19)20-23-16-11-5-7-13-18(16)26-20/h1-13,24H. The molecule has 1 N–H and O–H groups in total. The van der Waals surface area contributed by atoms with Crippen LogP contribution in [0.1, 0.15) is 15.6 Å². The number of benzene rings is 3. The molecule has 0 bridgehead atoms. The zero-order valence-electron chi connectivity index (χ0n) is 13.7. The van der Waals surface area contributed by atoms with Crippen LogP contribution in [0.3, 0.4) is 0 Å². The Morgan fingerprint density at radius 2 is 1.08 bits per heavy atom. The summed E-state index contributed by atoms with van der Waals surface area (Å²) < 4.78 is 2.11. The first kappa shape index (κ1) is 15.6. The van der Waals surface area contributed by atoms with Gasteiger partial charge in [-0.2, -0.15) is 0 Å². The molecule has 0 radical (unpaired) electrons. The molecule has 2 heterocycles. The summed E-state index contributed by atoms with van der Waals surface area (Å²) in [5.74, 6) is 0. The Kier molecular flexibility index (Phi) is 3.60. The van der Waals surface area contributed by atoms with Crippen molar-refractivity contribution in [2.24, 2.45) is 0 Å². The predicted molar refractivity (Wildman–Crippen MR) is 108 cm³/mol. The molecule has 5 aromatic rings. The Morgan fingerprint density at radius 3 is 1.58 bits per heavy atom. The largest absolute Gasteiger partial charge is 0.372 e. The number of aromatic nitrogens is 2. The lowest BCUT2D eigenvalue weighted by atomic mass is 9.95. The molecule has 0 spiro atoms. The molecule has 0 saturated heterocycles. The molecule has 5 rings (SSSR count). The van der Waals surface area contributed by atoms with Gasteiger partial charge in [-0.1, -0.05) is 54.6 Å². The molecule has 0 unspecified atom stereocenters. The van der Waals surface area contributed by atoms with Gasteiger partial charge in [-0.15, -0.1) is 22.7 Å². The monoisotopic (exact) mass is 374 g/mol. The van der Waals surface area contributed by atoms with Crippen LogP contribution < -0.4 is 0 Å². The molecule has 126 valence electrons. The molecule has 0 saturated carbocycles. The first-order valence-electron chi connectivity index (χ1n) is 8.25. The Bertz CT molecular complexity index is 1070. The van der Waals surface area contributed by atoms with E-state index in [1.807, 2.05) is 78.9 Å². The van der Waals surface area contributed by atoms with E-state index in [1.54, 1.807) is 0 Å². The van der Waals surface area contributed by atoms with Crippen molar-refractivity contribution in [2.45, 2.75) is 5.60 Å². The Balaban J connectivity index is 1.80. The SMILES string of the molecule is OC(c1ccccc1)(c1nc2ccccc2s1)c1nc2ccccc2s1. The number of hydrogen-bond donors (Lipinski definition) is 1. The van der Waals surface area contributed by atoms with Gasteiger partial charge in [-0.25, -0.2) is 9.97 Å². The van der Waals surface area contributed by atoms with Gasteiger partial charge < -0.3 is 5.11 Å². The second-order valence-electron chi connectivity index (χ2n) is 6.05. The quantitative estimate of drug-likeness (QED) is 0.473. The van der Waals surface area contributed by atoms with E-state index in [1.165, 1.54) is 22.7 Å². The smallest absolute Gasteiger partial charge is 0.193 e.